The van der Waals surface area contributed by atoms with Crippen molar-refractivity contribution in [1.82, 2.24) is 10.3 Å². The van der Waals surface area contributed by atoms with Crippen molar-refractivity contribution in [3.63, 3.8) is 0 Å². The van der Waals surface area contributed by atoms with Gasteiger partial charge in [-0.3, -0.25) is 4.79 Å². The maximum atomic E-state index is 11.0. The van der Waals surface area contributed by atoms with E-state index in [1.807, 2.05) is 42.1 Å². The smallest absolute Gasteiger partial charge is 0.219 e. The maximum absolute atomic E-state index is 11.0. The first-order valence-electron chi connectivity index (χ1n) is 9.92. The molecule has 0 unspecified atom stereocenters. The van der Waals surface area contributed by atoms with Gasteiger partial charge in [-0.05, 0) is 67.3 Å². The van der Waals surface area contributed by atoms with E-state index in [2.05, 4.69) is 50.1 Å². The lowest BCUT2D eigenvalue weighted by molar-refractivity contribution is -0.118. The van der Waals surface area contributed by atoms with Gasteiger partial charge in [-0.1, -0.05) is 19.9 Å². The van der Waals surface area contributed by atoms with Gasteiger partial charge in [0.25, 0.3) is 0 Å². The van der Waals surface area contributed by atoms with Crippen molar-refractivity contribution in [3.05, 3.63) is 59.2 Å². The van der Waals surface area contributed by atoms with Crippen molar-refractivity contribution >= 4 is 28.6 Å². The number of hydrogen-bond donors (Lipinski definition) is 1. The van der Waals surface area contributed by atoms with Gasteiger partial charge in [0.1, 0.15) is 5.75 Å². The number of carbonyl (C=O) groups is 1. The van der Waals surface area contributed by atoms with E-state index < -0.39 is 0 Å². The fourth-order valence-electron chi connectivity index (χ4n) is 3.13. The second-order valence-electron chi connectivity index (χ2n) is 7.49. The topological polar surface area (TPSA) is 51.2 Å². The van der Waals surface area contributed by atoms with E-state index >= 15 is 0 Å². The fraction of sp³-hybridized carbons (Fsp3) is 0.333. The highest BCUT2D eigenvalue weighted by atomic mass is 32.2. The summed E-state index contributed by atoms with van der Waals surface area (Å²) in [5.74, 6) is 1.43. The van der Waals surface area contributed by atoms with Crippen LogP contribution in [0.5, 0.6) is 11.6 Å². The van der Waals surface area contributed by atoms with E-state index in [4.69, 9.17) is 4.74 Å². The number of pyridine rings is 1. The number of amides is 1. The summed E-state index contributed by atoms with van der Waals surface area (Å²) >= 11 is 1.87. The summed E-state index contributed by atoms with van der Waals surface area (Å²) in [5.41, 5.74) is 4.47. The summed E-state index contributed by atoms with van der Waals surface area (Å²) in [7, 11) is 0. The van der Waals surface area contributed by atoms with E-state index in [9.17, 15) is 4.79 Å². The minimum absolute atomic E-state index is 0.00407. The number of thioether (sulfide) groups is 1. The van der Waals surface area contributed by atoms with Gasteiger partial charge in [0.05, 0.1) is 5.52 Å². The van der Waals surface area contributed by atoms with Crippen molar-refractivity contribution in [2.24, 2.45) is 0 Å². The van der Waals surface area contributed by atoms with Crippen molar-refractivity contribution in [2.75, 3.05) is 6.54 Å². The maximum Gasteiger partial charge on any atom is 0.219 e. The number of fused-ring (bicyclic) bond motifs is 1. The molecule has 0 aliphatic heterocycles. The third-order valence-electron chi connectivity index (χ3n) is 4.78. The number of nitrogens with zero attached hydrogens (tertiary/aromatic N) is 1. The third kappa shape index (κ3) is 5.51. The molecular weight excluding hydrogens is 380 g/mol. The molecule has 152 valence electrons. The van der Waals surface area contributed by atoms with Gasteiger partial charge < -0.3 is 10.1 Å². The first kappa shape index (κ1) is 21.2. The van der Waals surface area contributed by atoms with Crippen LogP contribution in [0.2, 0.25) is 0 Å². The lowest BCUT2D eigenvalue weighted by Gasteiger charge is -2.15. The molecule has 0 atom stereocenters. The Bertz CT molecular complexity index is 1030. The molecule has 0 aliphatic carbocycles. The normalized spacial score (nSPS) is 11.1. The Hall–Kier alpha value is -2.53. The van der Waals surface area contributed by atoms with Crippen LogP contribution in [-0.4, -0.2) is 22.7 Å². The third-order valence-corrected chi connectivity index (χ3v) is 5.95. The monoisotopic (exact) mass is 408 g/mol. The highest BCUT2D eigenvalue weighted by Gasteiger charge is 2.11. The molecule has 5 heteroatoms. The molecule has 29 heavy (non-hydrogen) atoms. The predicted molar refractivity (Wildman–Crippen MR) is 121 cm³/mol. The Morgan fingerprint density at radius 2 is 1.90 bits per heavy atom. The molecule has 0 saturated carbocycles. The molecule has 2 aromatic carbocycles. The van der Waals surface area contributed by atoms with Crippen LogP contribution >= 0.6 is 11.8 Å². The number of aromatic nitrogens is 1. The highest BCUT2D eigenvalue weighted by molar-refractivity contribution is 8.00. The van der Waals surface area contributed by atoms with Crippen LogP contribution in [0.4, 0.5) is 0 Å². The van der Waals surface area contributed by atoms with Gasteiger partial charge in [0, 0.05) is 35.1 Å². The first-order valence-corrected chi connectivity index (χ1v) is 10.8. The number of carbonyl (C=O) groups excluding carboxylic acids is 1. The zero-order valence-corrected chi connectivity index (χ0v) is 18.5. The second kappa shape index (κ2) is 9.31. The number of benzene rings is 2. The number of ether oxygens (including phenoxy) is 1. The van der Waals surface area contributed by atoms with Crippen LogP contribution in [0.15, 0.2) is 47.4 Å². The molecule has 0 bridgehead atoms. The lowest BCUT2D eigenvalue weighted by Crippen LogP contribution is -2.22. The Kier molecular flexibility index (Phi) is 6.80. The molecule has 4 nitrogen and oxygen atoms in total. The zero-order valence-electron chi connectivity index (χ0n) is 17.7. The summed E-state index contributed by atoms with van der Waals surface area (Å²) < 4.78 is 6.11. The van der Waals surface area contributed by atoms with E-state index in [0.29, 0.717) is 17.7 Å². The molecule has 1 heterocycles. The molecule has 1 aromatic heterocycles. The Labute approximate surface area is 177 Å². The molecule has 1 amide bonds. The van der Waals surface area contributed by atoms with Gasteiger partial charge in [-0.2, -0.15) is 0 Å². The molecule has 0 radical (unpaired) electrons. The standard InChI is InChI=1S/C24H28N2O2S/c1-15(2)29-23-10-9-22(16(3)17(23)4)28-24-11-7-20-14-19(6-8-21(20)26-24)12-13-25-18(5)27/h6-11,14-15H,12-13H2,1-5H3,(H,25,27). The van der Waals surface area contributed by atoms with Crippen molar-refractivity contribution in [1.29, 1.82) is 0 Å². The summed E-state index contributed by atoms with van der Waals surface area (Å²) in [6, 6.07) is 14.3. The Balaban J connectivity index is 1.77. The van der Waals surface area contributed by atoms with Crippen molar-refractivity contribution < 1.29 is 9.53 Å². The van der Waals surface area contributed by atoms with E-state index in [-0.39, 0.29) is 5.91 Å². The summed E-state index contributed by atoms with van der Waals surface area (Å²) in [4.78, 5) is 17.0. The molecule has 0 spiro atoms. The second-order valence-corrected chi connectivity index (χ2v) is 9.11. The SMILES string of the molecule is CC(=O)NCCc1ccc2nc(Oc3ccc(SC(C)C)c(C)c3C)ccc2c1. The number of nitrogens with one attached hydrogen (secondary N) is 1. The van der Waals surface area contributed by atoms with Crippen LogP contribution in [-0.2, 0) is 11.2 Å². The van der Waals surface area contributed by atoms with Gasteiger partial charge in [-0.25, -0.2) is 4.98 Å². The summed E-state index contributed by atoms with van der Waals surface area (Å²) in [6.07, 6.45) is 0.799. The molecule has 3 rings (SSSR count). The average molecular weight is 409 g/mol. The molecule has 1 N–H and O–H groups in total. The van der Waals surface area contributed by atoms with Gasteiger partial charge in [-0.15, -0.1) is 11.8 Å². The van der Waals surface area contributed by atoms with E-state index in [0.717, 1.165) is 28.6 Å². The summed E-state index contributed by atoms with van der Waals surface area (Å²) in [5, 5.41) is 4.44. The lowest BCUT2D eigenvalue weighted by atomic mass is 10.1. The fourth-order valence-corrected chi connectivity index (χ4v) is 4.11. The number of rotatable bonds is 7. The van der Waals surface area contributed by atoms with Gasteiger partial charge >= 0.3 is 0 Å². The van der Waals surface area contributed by atoms with Gasteiger partial charge in [0.2, 0.25) is 11.8 Å². The minimum atomic E-state index is -0.00407. The van der Waals surface area contributed by atoms with Gasteiger partial charge in [0.15, 0.2) is 0 Å². The van der Waals surface area contributed by atoms with Crippen molar-refractivity contribution in [2.45, 2.75) is 51.2 Å². The molecule has 0 saturated heterocycles. The predicted octanol–water partition coefficient (Wildman–Crippen LogP) is 5.82. The van der Waals surface area contributed by atoms with Crippen LogP contribution in [0, 0.1) is 13.8 Å². The molecular formula is C24H28N2O2S. The zero-order chi connectivity index (χ0) is 21.0. The molecule has 0 aliphatic rings. The first-order chi connectivity index (χ1) is 13.8. The van der Waals surface area contributed by atoms with Crippen LogP contribution in [0.25, 0.3) is 10.9 Å². The largest absolute Gasteiger partial charge is 0.439 e. The van der Waals surface area contributed by atoms with E-state index in [1.54, 1.807) is 0 Å². The molecule has 0 fully saturated rings. The Morgan fingerprint density at radius 1 is 1.10 bits per heavy atom. The minimum Gasteiger partial charge on any atom is -0.439 e. The summed E-state index contributed by atoms with van der Waals surface area (Å²) in [6.45, 7) is 10.8. The van der Waals surface area contributed by atoms with E-state index in [1.165, 1.54) is 22.9 Å². The van der Waals surface area contributed by atoms with Crippen LogP contribution < -0.4 is 10.1 Å². The van der Waals surface area contributed by atoms with Crippen LogP contribution in [0.3, 0.4) is 0 Å². The average Bonchev–Trinajstić information content (AvgIpc) is 2.67. The Morgan fingerprint density at radius 3 is 2.62 bits per heavy atom. The molecule has 3 aromatic rings. The highest BCUT2D eigenvalue weighted by Crippen LogP contribution is 2.34. The van der Waals surface area contributed by atoms with Crippen LogP contribution in [0.1, 0.15) is 37.5 Å². The quantitative estimate of drug-likeness (QED) is 0.500. The van der Waals surface area contributed by atoms with Crippen molar-refractivity contribution in [3.8, 4) is 11.6 Å². The number of hydrogen-bond acceptors (Lipinski definition) is 4.